The lowest BCUT2D eigenvalue weighted by Crippen LogP contribution is -2.46. The second-order valence-electron chi connectivity index (χ2n) is 9.31. The standard InChI is InChI=1S/C26H30FIN4O3/c1-26(2,27)12-11-17(24(29)34)14-23(33)21(13-16-7-9-18(28)10-8-16)32-25(35)22-15-30-19-5-3-4-6-20(19)31-22/h3-10,15,17,21,23,33H,11-14H2,1-2H3,(H2,29,34)(H,32,35)/t17-,21+,23+/m1/s1. The third-order valence-electron chi connectivity index (χ3n) is 5.85. The summed E-state index contributed by atoms with van der Waals surface area (Å²) in [6.45, 7) is 2.87. The minimum atomic E-state index is -1.46. The fourth-order valence-corrected chi connectivity index (χ4v) is 4.18. The molecule has 3 atom stereocenters. The minimum Gasteiger partial charge on any atom is -0.391 e. The van der Waals surface area contributed by atoms with Crippen molar-refractivity contribution in [2.75, 3.05) is 0 Å². The van der Waals surface area contributed by atoms with E-state index in [0.717, 1.165) is 9.13 Å². The van der Waals surface area contributed by atoms with Crippen molar-refractivity contribution >= 4 is 45.4 Å². The van der Waals surface area contributed by atoms with Crippen LogP contribution in [0.25, 0.3) is 11.0 Å². The van der Waals surface area contributed by atoms with Crippen LogP contribution in [0.15, 0.2) is 54.7 Å². The second-order valence-corrected chi connectivity index (χ2v) is 10.6. The Labute approximate surface area is 217 Å². The van der Waals surface area contributed by atoms with Gasteiger partial charge in [0.25, 0.3) is 5.91 Å². The number of nitrogens with one attached hydrogen (secondary N) is 1. The first-order valence-electron chi connectivity index (χ1n) is 11.5. The highest BCUT2D eigenvalue weighted by atomic mass is 127. The third kappa shape index (κ3) is 8.21. The number of amides is 2. The molecule has 1 aromatic heterocycles. The maximum atomic E-state index is 14.0. The number of nitrogens with two attached hydrogens (primary N) is 1. The van der Waals surface area contributed by atoms with Crippen LogP contribution in [-0.4, -0.2) is 44.7 Å². The minimum absolute atomic E-state index is 0.00409. The van der Waals surface area contributed by atoms with Crippen molar-refractivity contribution in [3.63, 3.8) is 0 Å². The first-order valence-corrected chi connectivity index (χ1v) is 12.5. The van der Waals surface area contributed by atoms with Crippen molar-refractivity contribution in [1.82, 2.24) is 15.3 Å². The Kier molecular flexibility index (Phi) is 9.12. The van der Waals surface area contributed by atoms with Gasteiger partial charge in [0.2, 0.25) is 5.91 Å². The summed E-state index contributed by atoms with van der Waals surface area (Å²) in [6, 6.07) is 14.2. The molecular formula is C26H30FIN4O3. The summed E-state index contributed by atoms with van der Waals surface area (Å²) in [7, 11) is 0. The molecule has 0 aliphatic carbocycles. The summed E-state index contributed by atoms with van der Waals surface area (Å²) in [5, 5.41) is 13.9. The van der Waals surface area contributed by atoms with Gasteiger partial charge in [-0.2, -0.15) is 0 Å². The van der Waals surface area contributed by atoms with Gasteiger partial charge in [0.05, 0.1) is 29.4 Å². The molecular weight excluding hydrogens is 562 g/mol. The number of para-hydroxylation sites is 2. The van der Waals surface area contributed by atoms with Gasteiger partial charge in [-0.25, -0.2) is 9.37 Å². The number of aliphatic hydroxyl groups is 1. The summed E-state index contributed by atoms with van der Waals surface area (Å²) >= 11 is 2.20. The molecule has 4 N–H and O–H groups in total. The zero-order valence-corrected chi connectivity index (χ0v) is 21.9. The zero-order valence-electron chi connectivity index (χ0n) is 19.7. The van der Waals surface area contributed by atoms with Crippen LogP contribution >= 0.6 is 22.6 Å². The lowest BCUT2D eigenvalue weighted by atomic mass is 9.88. The van der Waals surface area contributed by atoms with Crippen LogP contribution in [-0.2, 0) is 11.2 Å². The summed E-state index contributed by atoms with van der Waals surface area (Å²) in [5.74, 6) is -1.82. The number of hydrogen-bond donors (Lipinski definition) is 3. The lowest BCUT2D eigenvalue weighted by molar-refractivity contribution is -0.123. The van der Waals surface area contributed by atoms with Gasteiger partial charge >= 0.3 is 0 Å². The molecule has 0 radical (unpaired) electrons. The lowest BCUT2D eigenvalue weighted by Gasteiger charge is -2.27. The summed E-state index contributed by atoms with van der Waals surface area (Å²) < 4.78 is 15.1. The smallest absolute Gasteiger partial charge is 0.271 e. The van der Waals surface area contributed by atoms with Crippen molar-refractivity contribution in [1.29, 1.82) is 0 Å². The van der Waals surface area contributed by atoms with Crippen LogP contribution < -0.4 is 11.1 Å². The number of carbonyl (C=O) groups excluding carboxylic acids is 2. The molecule has 3 aromatic rings. The van der Waals surface area contributed by atoms with Crippen molar-refractivity contribution in [3.8, 4) is 0 Å². The van der Waals surface area contributed by atoms with E-state index in [1.54, 1.807) is 12.1 Å². The molecule has 1 heterocycles. The van der Waals surface area contributed by atoms with Crippen LogP contribution in [0.3, 0.4) is 0 Å². The quantitative estimate of drug-likeness (QED) is 0.292. The number of fused-ring (bicyclic) bond motifs is 1. The van der Waals surface area contributed by atoms with Crippen LogP contribution in [0.1, 0.15) is 49.2 Å². The number of alkyl halides is 1. The summed E-state index contributed by atoms with van der Waals surface area (Å²) in [4.78, 5) is 33.7. The molecule has 9 heteroatoms. The van der Waals surface area contributed by atoms with Gasteiger partial charge < -0.3 is 16.2 Å². The van der Waals surface area contributed by atoms with Crippen LogP contribution in [0.5, 0.6) is 0 Å². The molecule has 2 aromatic carbocycles. The molecule has 0 fully saturated rings. The van der Waals surface area contributed by atoms with Crippen LogP contribution in [0, 0.1) is 9.49 Å². The predicted octanol–water partition coefficient (Wildman–Crippen LogP) is 3.96. The molecule has 0 unspecified atom stereocenters. The highest BCUT2D eigenvalue weighted by molar-refractivity contribution is 14.1. The molecule has 35 heavy (non-hydrogen) atoms. The topological polar surface area (TPSA) is 118 Å². The normalized spacial score (nSPS) is 14.3. The van der Waals surface area contributed by atoms with E-state index in [4.69, 9.17) is 5.73 Å². The number of halogens is 2. The van der Waals surface area contributed by atoms with Crippen LogP contribution in [0.4, 0.5) is 4.39 Å². The van der Waals surface area contributed by atoms with E-state index in [0.29, 0.717) is 17.5 Å². The average Bonchev–Trinajstić information content (AvgIpc) is 2.81. The fourth-order valence-electron chi connectivity index (χ4n) is 3.82. The first-order chi connectivity index (χ1) is 16.5. The van der Waals surface area contributed by atoms with E-state index in [1.807, 2.05) is 36.4 Å². The molecule has 0 aliphatic rings. The van der Waals surface area contributed by atoms with Crippen LogP contribution in [0.2, 0.25) is 0 Å². The van der Waals surface area contributed by atoms with E-state index in [-0.39, 0.29) is 25.0 Å². The van der Waals surface area contributed by atoms with E-state index < -0.39 is 35.5 Å². The fraction of sp³-hybridized carbons (Fsp3) is 0.385. The monoisotopic (exact) mass is 592 g/mol. The molecule has 2 amide bonds. The summed E-state index contributed by atoms with van der Waals surface area (Å²) in [6.07, 6.45) is 0.966. The van der Waals surface area contributed by atoms with E-state index >= 15 is 0 Å². The SMILES string of the molecule is CC(C)(F)CC[C@H](C[C@H](O)[C@H](Cc1ccc(I)cc1)NC(=O)c1cnc2ccccc2n1)C(N)=O. The van der Waals surface area contributed by atoms with Gasteiger partial charge in [0, 0.05) is 9.49 Å². The van der Waals surface area contributed by atoms with Gasteiger partial charge in [0.15, 0.2) is 0 Å². The Morgan fingerprint density at radius 3 is 2.43 bits per heavy atom. The van der Waals surface area contributed by atoms with E-state index in [1.165, 1.54) is 20.0 Å². The highest BCUT2D eigenvalue weighted by Gasteiger charge is 2.29. The number of nitrogens with zero attached hydrogens (tertiary/aromatic N) is 2. The van der Waals surface area contributed by atoms with Crippen molar-refractivity contribution in [3.05, 3.63) is 69.6 Å². The molecule has 0 saturated heterocycles. The van der Waals surface area contributed by atoms with Gasteiger partial charge in [-0.3, -0.25) is 14.6 Å². The van der Waals surface area contributed by atoms with Gasteiger partial charge in [-0.15, -0.1) is 0 Å². The van der Waals surface area contributed by atoms with Gasteiger partial charge in [0.1, 0.15) is 11.4 Å². The number of aliphatic hydroxyl groups excluding tert-OH is 1. The highest BCUT2D eigenvalue weighted by Crippen LogP contribution is 2.24. The molecule has 3 rings (SSSR count). The summed E-state index contributed by atoms with van der Waals surface area (Å²) in [5.41, 5.74) is 6.36. The number of hydrogen-bond acceptors (Lipinski definition) is 5. The first kappa shape index (κ1) is 26.9. The van der Waals surface area contributed by atoms with Gasteiger partial charge in [-0.05, 0) is 92.0 Å². The van der Waals surface area contributed by atoms with Crippen molar-refractivity contribution in [2.45, 2.75) is 57.3 Å². The predicted molar refractivity (Wildman–Crippen MR) is 141 cm³/mol. The Morgan fingerprint density at radius 1 is 1.14 bits per heavy atom. The third-order valence-corrected chi connectivity index (χ3v) is 6.57. The van der Waals surface area contributed by atoms with E-state index in [9.17, 15) is 19.1 Å². The Bertz CT molecular complexity index is 1170. The Morgan fingerprint density at radius 2 is 1.80 bits per heavy atom. The molecule has 7 nitrogen and oxygen atoms in total. The average molecular weight is 592 g/mol. The Hall–Kier alpha value is -2.66. The number of carbonyl (C=O) groups is 2. The molecule has 0 aliphatic heterocycles. The molecule has 0 spiro atoms. The maximum absolute atomic E-state index is 14.0. The Balaban J connectivity index is 1.80. The number of benzene rings is 2. The number of primary amides is 1. The number of rotatable bonds is 11. The zero-order chi connectivity index (χ0) is 25.6. The van der Waals surface area contributed by atoms with Crippen molar-refractivity contribution in [2.24, 2.45) is 11.7 Å². The maximum Gasteiger partial charge on any atom is 0.271 e. The largest absolute Gasteiger partial charge is 0.391 e. The number of aromatic nitrogens is 2. The molecule has 186 valence electrons. The second kappa shape index (κ2) is 11.9. The molecule has 0 bridgehead atoms. The molecule has 0 saturated carbocycles. The van der Waals surface area contributed by atoms with E-state index in [2.05, 4.69) is 37.9 Å². The van der Waals surface area contributed by atoms with Crippen molar-refractivity contribution < 1.29 is 19.1 Å². The van der Waals surface area contributed by atoms with Gasteiger partial charge in [-0.1, -0.05) is 24.3 Å².